The molecule has 0 bridgehead atoms. The summed E-state index contributed by atoms with van der Waals surface area (Å²) < 4.78 is 25.1. The highest BCUT2D eigenvalue weighted by Crippen LogP contribution is 2.33. The molecule has 1 fully saturated rings. The van der Waals surface area contributed by atoms with Crippen molar-refractivity contribution in [3.05, 3.63) is 46.5 Å². The standard InChI is InChI=1S/C16H20ClNO3S/c1-12(2)11-16(19)18-8-7-15(22(20,21)10-9-18)13-5-3-4-6-14(13)17/h3-6,11,15H,7-10H2,1-2H3/t15-/m1/s1. The van der Waals surface area contributed by atoms with Crippen LogP contribution in [-0.2, 0) is 14.6 Å². The molecule has 1 aromatic rings. The zero-order valence-electron chi connectivity index (χ0n) is 12.8. The van der Waals surface area contributed by atoms with Gasteiger partial charge >= 0.3 is 0 Å². The van der Waals surface area contributed by atoms with Crippen molar-refractivity contribution < 1.29 is 13.2 Å². The number of carbonyl (C=O) groups excluding carboxylic acids is 1. The third kappa shape index (κ3) is 3.90. The number of hydrogen-bond donors (Lipinski definition) is 0. The third-order valence-electron chi connectivity index (χ3n) is 3.72. The van der Waals surface area contributed by atoms with Crippen molar-refractivity contribution in [1.29, 1.82) is 0 Å². The summed E-state index contributed by atoms with van der Waals surface area (Å²) in [4.78, 5) is 13.7. The SMILES string of the molecule is CC(C)=CC(=O)N1CC[C@H](c2ccccc2Cl)S(=O)(=O)CC1. The monoisotopic (exact) mass is 341 g/mol. The number of carbonyl (C=O) groups is 1. The van der Waals surface area contributed by atoms with E-state index in [9.17, 15) is 13.2 Å². The Hall–Kier alpha value is -1.33. The molecule has 4 nitrogen and oxygen atoms in total. The minimum Gasteiger partial charge on any atom is -0.338 e. The van der Waals surface area contributed by atoms with Crippen molar-refractivity contribution in [2.24, 2.45) is 0 Å². The van der Waals surface area contributed by atoms with Crippen LogP contribution < -0.4 is 0 Å². The van der Waals surface area contributed by atoms with E-state index in [4.69, 9.17) is 11.6 Å². The zero-order chi connectivity index (χ0) is 16.3. The Morgan fingerprint density at radius 3 is 2.59 bits per heavy atom. The number of halogens is 1. The molecule has 0 aromatic heterocycles. The van der Waals surface area contributed by atoms with Gasteiger partial charge in [0.05, 0.1) is 11.0 Å². The predicted molar refractivity (Wildman–Crippen MR) is 88.6 cm³/mol. The molecule has 120 valence electrons. The Labute approximate surface area is 136 Å². The number of hydrogen-bond acceptors (Lipinski definition) is 3. The lowest BCUT2D eigenvalue weighted by atomic mass is 10.1. The highest BCUT2D eigenvalue weighted by molar-refractivity contribution is 7.91. The van der Waals surface area contributed by atoms with Crippen molar-refractivity contribution in [2.75, 3.05) is 18.8 Å². The second-order valence-electron chi connectivity index (χ2n) is 5.71. The fraction of sp³-hybridized carbons (Fsp3) is 0.438. The summed E-state index contributed by atoms with van der Waals surface area (Å²) in [6.45, 7) is 4.33. The van der Waals surface area contributed by atoms with Gasteiger partial charge in [-0.2, -0.15) is 0 Å². The second kappa shape index (κ2) is 6.84. The van der Waals surface area contributed by atoms with Gasteiger partial charge in [-0.15, -0.1) is 0 Å². The number of benzene rings is 1. The van der Waals surface area contributed by atoms with Crippen LogP contribution in [0.3, 0.4) is 0 Å². The van der Waals surface area contributed by atoms with E-state index in [0.29, 0.717) is 23.6 Å². The molecule has 0 saturated carbocycles. The molecule has 1 saturated heterocycles. The lowest BCUT2D eigenvalue weighted by Gasteiger charge is -2.18. The summed E-state index contributed by atoms with van der Waals surface area (Å²) in [5.41, 5.74) is 1.53. The van der Waals surface area contributed by atoms with Gasteiger partial charge in [-0.25, -0.2) is 8.42 Å². The first-order valence-corrected chi connectivity index (χ1v) is 9.30. The van der Waals surface area contributed by atoms with E-state index in [-0.39, 0.29) is 18.2 Å². The molecule has 0 aliphatic carbocycles. The molecule has 1 aliphatic rings. The van der Waals surface area contributed by atoms with Gasteiger partial charge in [0, 0.05) is 24.2 Å². The van der Waals surface area contributed by atoms with Crippen molar-refractivity contribution in [2.45, 2.75) is 25.5 Å². The largest absolute Gasteiger partial charge is 0.338 e. The maximum atomic E-state index is 12.5. The number of sulfone groups is 1. The summed E-state index contributed by atoms with van der Waals surface area (Å²) in [6.07, 6.45) is 1.91. The van der Waals surface area contributed by atoms with Gasteiger partial charge in [0.15, 0.2) is 9.84 Å². The average molecular weight is 342 g/mol. The Bertz CT molecular complexity index is 693. The molecule has 1 atom stereocenters. The lowest BCUT2D eigenvalue weighted by molar-refractivity contribution is -0.125. The van der Waals surface area contributed by atoms with Crippen molar-refractivity contribution in [1.82, 2.24) is 4.90 Å². The van der Waals surface area contributed by atoms with Crippen LogP contribution in [0.25, 0.3) is 0 Å². The Morgan fingerprint density at radius 1 is 1.27 bits per heavy atom. The summed E-state index contributed by atoms with van der Waals surface area (Å²) in [6, 6.07) is 7.01. The average Bonchev–Trinajstić information content (AvgIpc) is 2.57. The molecule has 22 heavy (non-hydrogen) atoms. The number of nitrogens with zero attached hydrogens (tertiary/aromatic N) is 1. The van der Waals surface area contributed by atoms with E-state index >= 15 is 0 Å². The smallest absolute Gasteiger partial charge is 0.246 e. The molecule has 1 aromatic carbocycles. The summed E-state index contributed by atoms with van der Waals surface area (Å²) >= 11 is 6.15. The predicted octanol–water partition coefficient (Wildman–Crippen LogP) is 2.99. The number of allylic oxidation sites excluding steroid dienone is 1. The van der Waals surface area contributed by atoms with Crippen LogP contribution in [-0.4, -0.2) is 38.1 Å². The van der Waals surface area contributed by atoms with Gasteiger partial charge in [-0.1, -0.05) is 35.4 Å². The highest BCUT2D eigenvalue weighted by atomic mass is 35.5. The Morgan fingerprint density at radius 2 is 1.95 bits per heavy atom. The van der Waals surface area contributed by atoms with Gasteiger partial charge in [-0.05, 0) is 31.9 Å². The molecular formula is C16H20ClNO3S. The minimum atomic E-state index is -3.33. The van der Waals surface area contributed by atoms with E-state index in [1.54, 1.807) is 35.2 Å². The molecule has 0 N–H and O–H groups in total. The first-order chi connectivity index (χ1) is 10.3. The van der Waals surface area contributed by atoms with Gasteiger partial charge in [0.2, 0.25) is 5.91 Å². The summed E-state index contributed by atoms with van der Waals surface area (Å²) in [7, 11) is -3.33. The molecule has 1 amide bonds. The highest BCUT2D eigenvalue weighted by Gasteiger charge is 2.33. The van der Waals surface area contributed by atoms with Gasteiger partial charge in [0.1, 0.15) is 0 Å². The van der Waals surface area contributed by atoms with Crippen LogP contribution in [0.5, 0.6) is 0 Å². The lowest BCUT2D eigenvalue weighted by Crippen LogP contribution is -2.32. The van der Waals surface area contributed by atoms with Crippen molar-refractivity contribution in [3.63, 3.8) is 0 Å². The molecule has 6 heteroatoms. The Balaban J connectivity index is 2.27. The van der Waals surface area contributed by atoms with Crippen LogP contribution in [0.4, 0.5) is 0 Å². The van der Waals surface area contributed by atoms with Crippen molar-refractivity contribution >= 4 is 27.3 Å². The van der Waals surface area contributed by atoms with Gasteiger partial charge in [0.25, 0.3) is 0 Å². The van der Waals surface area contributed by atoms with E-state index in [0.717, 1.165) is 5.57 Å². The third-order valence-corrected chi connectivity index (χ3v) is 6.17. The minimum absolute atomic E-state index is 0.0365. The second-order valence-corrected chi connectivity index (χ2v) is 8.42. The van der Waals surface area contributed by atoms with Crippen LogP contribution in [0.1, 0.15) is 31.1 Å². The Kier molecular flexibility index (Phi) is 5.29. The van der Waals surface area contributed by atoms with Crippen LogP contribution in [0.15, 0.2) is 35.9 Å². The van der Waals surface area contributed by atoms with Gasteiger partial charge in [-0.3, -0.25) is 4.79 Å². The van der Waals surface area contributed by atoms with Crippen LogP contribution >= 0.6 is 11.6 Å². The topological polar surface area (TPSA) is 54.5 Å². The van der Waals surface area contributed by atoms with E-state index in [2.05, 4.69) is 0 Å². The summed E-state index contributed by atoms with van der Waals surface area (Å²) in [5.74, 6) is -0.166. The first kappa shape index (κ1) is 17.0. The molecule has 0 radical (unpaired) electrons. The van der Waals surface area contributed by atoms with E-state index in [1.807, 2.05) is 13.8 Å². The molecule has 2 rings (SSSR count). The molecule has 1 heterocycles. The molecule has 0 unspecified atom stereocenters. The zero-order valence-corrected chi connectivity index (χ0v) is 14.3. The number of amides is 1. The first-order valence-electron chi connectivity index (χ1n) is 7.21. The molecule has 0 spiro atoms. The maximum Gasteiger partial charge on any atom is 0.246 e. The fourth-order valence-electron chi connectivity index (χ4n) is 2.59. The quantitative estimate of drug-likeness (QED) is 0.777. The fourth-order valence-corrected chi connectivity index (χ4v) is 4.74. The number of rotatable bonds is 2. The summed E-state index contributed by atoms with van der Waals surface area (Å²) in [5, 5.41) is -0.189. The van der Waals surface area contributed by atoms with Crippen molar-refractivity contribution in [3.8, 4) is 0 Å². The van der Waals surface area contributed by atoms with Crippen LogP contribution in [0.2, 0.25) is 5.02 Å². The van der Waals surface area contributed by atoms with Crippen LogP contribution in [0, 0.1) is 0 Å². The molecular weight excluding hydrogens is 322 g/mol. The molecule has 1 aliphatic heterocycles. The van der Waals surface area contributed by atoms with Gasteiger partial charge < -0.3 is 4.90 Å². The van der Waals surface area contributed by atoms with E-state index < -0.39 is 15.1 Å². The normalized spacial score (nSPS) is 21.0. The maximum absolute atomic E-state index is 12.5. The van der Waals surface area contributed by atoms with E-state index in [1.165, 1.54) is 0 Å².